The largest absolute Gasteiger partial charge is 0.311 e. The molecular weight excluding hydrogens is 701 g/mol. The van der Waals surface area contributed by atoms with Crippen LogP contribution in [0.2, 0.25) is 0 Å². The van der Waals surface area contributed by atoms with Crippen LogP contribution in [0, 0.1) is 0 Å². The van der Waals surface area contributed by atoms with Crippen LogP contribution in [0.15, 0.2) is 231 Å². The predicted molar refractivity (Wildman–Crippen MR) is 249 cm³/mol. The van der Waals surface area contributed by atoms with E-state index in [9.17, 15) is 0 Å². The molecule has 0 aromatic heterocycles. The molecule has 0 aliphatic rings. The molecule has 0 spiro atoms. The van der Waals surface area contributed by atoms with E-state index in [1.807, 2.05) is 0 Å². The molecule has 274 valence electrons. The maximum atomic E-state index is 2.41. The Kier molecular flexibility index (Phi) is 9.27. The average molecular weight is 741 g/mol. The van der Waals surface area contributed by atoms with E-state index in [2.05, 4.69) is 252 Å². The molecule has 0 heterocycles. The van der Waals surface area contributed by atoms with Gasteiger partial charge in [-0.1, -0.05) is 176 Å². The number of para-hydroxylation sites is 2. The van der Waals surface area contributed by atoms with Gasteiger partial charge in [-0.15, -0.1) is 0 Å². The van der Waals surface area contributed by atoms with Crippen molar-refractivity contribution in [2.75, 3.05) is 9.80 Å². The van der Waals surface area contributed by atoms with E-state index in [4.69, 9.17) is 0 Å². The summed E-state index contributed by atoms with van der Waals surface area (Å²) < 4.78 is 0. The summed E-state index contributed by atoms with van der Waals surface area (Å²) in [7, 11) is 0. The molecule has 10 aromatic carbocycles. The molecule has 0 saturated carbocycles. The van der Waals surface area contributed by atoms with E-state index in [-0.39, 0.29) is 0 Å². The fourth-order valence-corrected chi connectivity index (χ4v) is 8.08. The number of anilines is 6. The Morgan fingerprint density at radius 2 is 0.690 bits per heavy atom. The quantitative estimate of drug-likeness (QED) is 0.107. The number of rotatable bonds is 9. The van der Waals surface area contributed by atoms with Crippen molar-refractivity contribution in [2.24, 2.45) is 0 Å². The molecule has 0 amide bonds. The maximum Gasteiger partial charge on any atom is 0.0546 e. The summed E-state index contributed by atoms with van der Waals surface area (Å²) in [5.74, 6) is 0. The molecule has 0 fully saturated rings. The molecule has 0 N–H and O–H groups in total. The molecule has 0 aliphatic heterocycles. The van der Waals surface area contributed by atoms with Gasteiger partial charge in [0.05, 0.1) is 5.69 Å². The molecule has 0 bridgehead atoms. The van der Waals surface area contributed by atoms with Crippen LogP contribution < -0.4 is 9.80 Å². The maximum absolute atomic E-state index is 2.41. The van der Waals surface area contributed by atoms with Gasteiger partial charge in [0.2, 0.25) is 0 Å². The average Bonchev–Trinajstić information content (AvgIpc) is 3.30. The van der Waals surface area contributed by atoms with Crippen LogP contribution in [0.3, 0.4) is 0 Å². The lowest BCUT2D eigenvalue weighted by molar-refractivity contribution is 1.28. The third kappa shape index (κ3) is 6.89. The summed E-state index contributed by atoms with van der Waals surface area (Å²) in [6.07, 6.45) is 4.37. The van der Waals surface area contributed by atoms with E-state index >= 15 is 0 Å². The number of fused-ring (bicyclic) bond motifs is 4. The van der Waals surface area contributed by atoms with Gasteiger partial charge >= 0.3 is 0 Å². The third-order valence-corrected chi connectivity index (χ3v) is 11.0. The van der Waals surface area contributed by atoms with Crippen LogP contribution in [-0.2, 0) is 0 Å². The smallest absolute Gasteiger partial charge is 0.0546 e. The first kappa shape index (κ1) is 34.8. The van der Waals surface area contributed by atoms with Gasteiger partial charge in [0.15, 0.2) is 0 Å². The lowest BCUT2D eigenvalue weighted by Gasteiger charge is -2.28. The minimum absolute atomic E-state index is 1.11. The van der Waals surface area contributed by atoms with Crippen molar-refractivity contribution in [2.45, 2.75) is 0 Å². The normalized spacial score (nSPS) is 11.4. The number of nitrogens with zero attached hydrogens (tertiary/aromatic N) is 2. The van der Waals surface area contributed by atoms with Gasteiger partial charge in [0, 0.05) is 33.8 Å². The summed E-state index contributed by atoms with van der Waals surface area (Å²) >= 11 is 0. The number of hydrogen-bond acceptors (Lipinski definition) is 2. The topological polar surface area (TPSA) is 6.48 Å². The highest BCUT2D eigenvalue weighted by molar-refractivity contribution is 6.14. The Bertz CT molecular complexity index is 2980. The highest BCUT2D eigenvalue weighted by atomic mass is 15.1. The van der Waals surface area contributed by atoms with Crippen molar-refractivity contribution in [1.82, 2.24) is 0 Å². The second-order valence-corrected chi connectivity index (χ2v) is 14.6. The Labute approximate surface area is 339 Å². The first-order valence-corrected chi connectivity index (χ1v) is 19.8. The highest BCUT2D eigenvalue weighted by Crippen LogP contribution is 2.43. The SMILES string of the molecule is C(=Cc1ccc(N(c2ccccc2)c2ccccc2)cc1)c1ccc(-c2ccc(N(c3ccc4ccccc4c3)c3cc4ccccc4c4ccccc34)cc2)cc1. The molecular formula is C56H40N2. The van der Waals surface area contributed by atoms with Crippen molar-refractivity contribution >= 4 is 78.6 Å². The summed E-state index contributed by atoms with van der Waals surface area (Å²) in [6, 6.07) is 82.7. The lowest BCUT2D eigenvalue weighted by Crippen LogP contribution is -2.10. The van der Waals surface area contributed by atoms with Gasteiger partial charge in [0.25, 0.3) is 0 Å². The predicted octanol–water partition coefficient (Wildman–Crippen LogP) is 15.9. The van der Waals surface area contributed by atoms with Crippen molar-refractivity contribution in [3.63, 3.8) is 0 Å². The first-order valence-electron chi connectivity index (χ1n) is 19.8. The minimum Gasteiger partial charge on any atom is -0.311 e. The van der Waals surface area contributed by atoms with Gasteiger partial charge in [-0.05, 0) is 116 Å². The third-order valence-electron chi connectivity index (χ3n) is 11.0. The molecule has 0 atom stereocenters. The van der Waals surface area contributed by atoms with E-state index in [1.54, 1.807) is 0 Å². The van der Waals surface area contributed by atoms with Crippen molar-refractivity contribution < 1.29 is 0 Å². The molecule has 10 rings (SSSR count). The van der Waals surface area contributed by atoms with Crippen molar-refractivity contribution in [3.05, 3.63) is 242 Å². The zero-order chi connectivity index (χ0) is 38.7. The van der Waals surface area contributed by atoms with Crippen LogP contribution >= 0.6 is 0 Å². The molecule has 0 aliphatic carbocycles. The second kappa shape index (κ2) is 15.5. The molecule has 0 saturated heterocycles. The zero-order valence-corrected chi connectivity index (χ0v) is 32.0. The molecule has 0 radical (unpaired) electrons. The summed E-state index contributed by atoms with van der Waals surface area (Å²) in [6.45, 7) is 0. The Morgan fingerprint density at radius 1 is 0.259 bits per heavy atom. The molecule has 2 nitrogen and oxygen atoms in total. The number of hydrogen-bond donors (Lipinski definition) is 0. The second-order valence-electron chi connectivity index (χ2n) is 14.6. The van der Waals surface area contributed by atoms with E-state index in [0.717, 1.165) is 45.3 Å². The van der Waals surface area contributed by atoms with Gasteiger partial charge < -0.3 is 9.80 Å². The first-order chi connectivity index (χ1) is 28.7. The van der Waals surface area contributed by atoms with Gasteiger partial charge in [-0.3, -0.25) is 0 Å². The fraction of sp³-hybridized carbons (Fsp3) is 0. The zero-order valence-electron chi connectivity index (χ0n) is 32.0. The van der Waals surface area contributed by atoms with Crippen LogP contribution in [0.4, 0.5) is 34.1 Å². The van der Waals surface area contributed by atoms with Gasteiger partial charge in [-0.25, -0.2) is 0 Å². The monoisotopic (exact) mass is 740 g/mol. The Balaban J connectivity index is 0.929. The number of benzene rings is 10. The molecule has 58 heavy (non-hydrogen) atoms. The lowest BCUT2D eigenvalue weighted by atomic mass is 9.98. The van der Waals surface area contributed by atoms with E-state index in [1.165, 1.54) is 43.4 Å². The van der Waals surface area contributed by atoms with Crippen molar-refractivity contribution in [3.8, 4) is 11.1 Å². The Hall–Kier alpha value is -7.68. The summed E-state index contributed by atoms with van der Waals surface area (Å²) in [5.41, 5.74) is 11.5. The summed E-state index contributed by atoms with van der Waals surface area (Å²) in [5, 5.41) is 7.41. The van der Waals surface area contributed by atoms with Crippen LogP contribution in [-0.4, -0.2) is 0 Å². The molecule has 10 aromatic rings. The Morgan fingerprint density at radius 3 is 1.33 bits per heavy atom. The standard InChI is InChI=1S/C56H40N2/c1-3-16-48(17-4-1)57(49-18-5-2-6-19-49)50-34-27-42(28-35-50)24-23-41-25-29-44(30-26-41)45-31-36-51(37-32-45)58(52-38-33-43-13-7-8-14-46(43)39-52)56-40-47-15-9-10-20-53(47)54-21-11-12-22-55(54)56/h1-40H. The van der Waals surface area contributed by atoms with Crippen LogP contribution in [0.5, 0.6) is 0 Å². The molecule has 2 heteroatoms. The van der Waals surface area contributed by atoms with Crippen LogP contribution in [0.25, 0.3) is 55.6 Å². The minimum atomic E-state index is 1.11. The van der Waals surface area contributed by atoms with E-state index < -0.39 is 0 Å². The van der Waals surface area contributed by atoms with Crippen LogP contribution in [0.1, 0.15) is 11.1 Å². The highest BCUT2D eigenvalue weighted by Gasteiger charge is 2.18. The van der Waals surface area contributed by atoms with Gasteiger partial charge in [0.1, 0.15) is 0 Å². The van der Waals surface area contributed by atoms with Crippen molar-refractivity contribution in [1.29, 1.82) is 0 Å². The van der Waals surface area contributed by atoms with Gasteiger partial charge in [-0.2, -0.15) is 0 Å². The summed E-state index contributed by atoms with van der Waals surface area (Å²) in [4.78, 5) is 4.69. The molecule has 0 unspecified atom stereocenters. The van der Waals surface area contributed by atoms with E-state index in [0.29, 0.717) is 0 Å². The fourth-order valence-electron chi connectivity index (χ4n) is 8.08.